The van der Waals surface area contributed by atoms with Crippen LogP contribution in [0.3, 0.4) is 0 Å². The third-order valence-electron chi connectivity index (χ3n) is 5.73. The molecule has 3 heterocycles. The van der Waals surface area contributed by atoms with E-state index in [1.807, 2.05) is 4.90 Å². The zero-order valence-electron chi connectivity index (χ0n) is 15.0. The third kappa shape index (κ3) is 4.48. The molecule has 1 N–H and O–H groups in total. The minimum atomic E-state index is 0.124. The van der Waals surface area contributed by atoms with Gasteiger partial charge in [0.25, 0.3) is 0 Å². The second-order valence-electron chi connectivity index (χ2n) is 7.71. The van der Waals surface area contributed by atoms with Gasteiger partial charge in [0.1, 0.15) is 0 Å². The monoisotopic (exact) mass is 336 g/mol. The Morgan fingerprint density at radius 2 is 1.67 bits per heavy atom. The van der Waals surface area contributed by atoms with E-state index < -0.39 is 0 Å². The van der Waals surface area contributed by atoms with Crippen molar-refractivity contribution in [3.63, 3.8) is 0 Å². The lowest BCUT2D eigenvalue weighted by Gasteiger charge is -2.37. The lowest BCUT2D eigenvalue weighted by atomic mass is 9.92. The summed E-state index contributed by atoms with van der Waals surface area (Å²) in [5.41, 5.74) is 0. The first kappa shape index (κ1) is 17.7. The topological polar surface area (TPSA) is 55.9 Å². The van der Waals surface area contributed by atoms with E-state index >= 15 is 0 Å². The van der Waals surface area contributed by atoms with Gasteiger partial charge in [-0.05, 0) is 31.6 Å². The fourth-order valence-electron chi connectivity index (χ4n) is 4.18. The second kappa shape index (κ2) is 8.30. The molecule has 136 valence electrons. The van der Waals surface area contributed by atoms with Crippen molar-refractivity contribution in [2.24, 2.45) is 11.8 Å². The number of carbonyl (C=O) groups is 2. The van der Waals surface area contributed by atoms with Gasteiger partial charge < -0.3 is 15.1 Å². The highest BCUT2D eigenvalue weighted by molar-refractivity contribution is 5.81. The first-order valence-corrected chi connectivity index (χ1v) is 9.63. The molecule has 1 atom stereocenters. The molecule has 6 nitrogen and oxygen atoms in total. The molecule has 0 aliphatic carbocycles. The zero-order chi connectivity index (χ0) is 16.9. The van der Waals surface area contributed by atoms with Crippen molar-refractivity contribution < 1.29 is 9.59 Å². The molecule has 2 amide bonds. The van der Waals surface area contributed by atoms with Gasteiger partial charge in [-0.25, -0.2) is 0 Å². The van der Waals surface area contributed by atoms with E-state index in [2.05, 4.69) is 22.0 Å². The van der Waals surface area contributed by atoms with Gasteiger partial charge in [-0.1, -0.05) is 6.92 Å². The molecule has 0 saturated carbocycles. The van der Waals surface area contributed by atoms with Crippen LogP contribution in [0.15, 0.2) is 0 Å². The summed E-state index contributed by atoms with van der Waals surface area (Å²) in [7, 11) is 0. The van der Waals surface area contributed by atoms with Crippen molar-refractivity contribution in [2.45, 2.75) is 32.6 Å². The average Bonchev–Trinajstić information content (AvgIpc) is 2.62. The number of nitrogens with zero attached hydrogens (tertiary/aromatic N) is 3. The van der Waals surface area contributed by atoms with Crippen molar-refractivity contribution in [3.05, 3.63) is 0 Å². The van der Waals surface area contributed by atoms with Gasteiger partial charge >= 0.3 is 0 Å². The molecule has 0 aromatic heterocycles. The Labute approximate surface area is 145 Å². The number of hydrogen-bond donors (Lipinski definition) is 1. The highest BCUT2D eigenvalue weighted by atomic mass is 16.2. The van der Waals surface area contributed by atoms with E-state index in [0.29, 0.717) is 18.4 Å². The highest BCUT2D eigenvalue weighted by Gasteiger charge is 2.32. The summed E-state index contributed by atoms with van der Waals surface area (Å²) >= 11 is 0. The van der Waals surface area contributed by atoms with E-state index in [0.717, 1.165) is 71.6 Å². The number of hydrogen-bond acceptors (Lipinski definition) is 4. The van der Waals surface area contributed by atoms with Crippen LogP contribution < -0.4 is 5.32 Å². The summed E-state index contributed by atoms with van der Waals surface area (Å²) in [6.45, 7) is 9.93. The van der Waals surface area contributed by atoms with Gasteiger partial charge in [0.05, 0.1) is 6.54 Å². The van der Waals surface area contributed by atoms with E-state index in [4.69, 9.17) is 0 Å². The number of piperidine rings is 2. The first-order valence-electron chi connectivity index (χ1n) is 9.63. The maximum absolute atomic E-state index is 12.7. The number of nitrogens with one attached hydrogen (secondary N) is 1. The van der Waals surface area contributed by atoms with Crippen molar-refractivity contribution >= 4 is 11.8 Å². The van der Waals surface area contributed by atoms with Gasteiger partial charge in [-0.15, -0.1) is 0 Å². The highest BCUT2D eigenvalue weighted by Crippen LogP contribution is 2.23. The molecule has 0 spiro atoms. The van der Waals surface area contributed by atoms with Crippen LogP contribution in [-0.2, 0) is 9.59 Å². The maximum atomic E-state index is 12.7. The van der Waals surface area contributed by atoms with Crippen LogP contribution in [0.4, 0.5) is 0 Å². The van der Waals surface area contributed by atoms with E-state index in [9.17, 15) is 9.59 Å². The normalized spacial score (nSPS) is 27.3. The molecule has 3 aliphatic heterocycles. The molecule has 0 radical (unpaired) electrons. The minimum absolute atomic E-state index is 0.124. The van der Waals surface area contributed by atoms with Crippen molar-refractivity contribution in [1.29, 1.82) is 0 Å². The number of rotatable bonds is 3. The van der Waals surface area contributed by atoms with Crippen LogP contribution in [0, 0.1) is 11.8 Å². The summed E-state index contributed by atoms with van der Waals surface area (Å²) in [4.78, 5) is 31.4. The standard InChI is InChI=1S/C18H32N4O2/c1-15-3-2-8-22(13-15)18(24)16-4-9-21(10-5-16)17(23)14-20-11-6-19-7-12-20/h15-16,19H,2-14H2,1H3. The molecular formula is C18H32N4O2. The molecular weight excluding hydrogens is 304 g/mol. The SMILES string of the molecule is CC1CCCN(C(=O)C2CCN(C(=O)CN3CCNCC3)CC2)C1. The molecule has 0 aromatic rings. The fourth-order valence-corrected chi connectivity index (χ4v) is 4.18. The summed E-state index contributed by atoms with van der Waals surface area (Å²) in [6, 6.07) is 0. The van der Waals surface area contributed by atoms with Gasteiger partial charge in [0.15, 0.2) is 0 Å². The lowest BCUT2D eigenvalue weighted by Crippen LogP contribution is -2.51. The summed E-state index contributed by atoms with van der Waals surface area (Å²) in [6.07, 6.45) is 4.03. The van der Waals surface area contributed by atoms with E-state index in [1.165, 1.54) is 6.42 Å². The maximum Gasteiger partial charge on any atom is 0.236 e. The molecule has 3 saturated heterocycles. The Kier molecular flexibility index (Phi) is 6.11. The Balaban J connectivity index is 1.43. The van der Waals surface area contributed by atoms with Gasteiger partial charge in [0.2, 0.25) is 11.8 Å². The number of amides is 2. The molecule has 0 bridgehead atoms. The molecule has 3 fully saturated rings. The quantitative estimate of drug-likeness (QED) is 0.810. The predicted molar refractivity (Wildman–Crippen MR) is 93.6 cm³/mol. The Morgan fingerprint density at radius 3 is 2.33 bits per heavy atom. The summed E-state index contributed by atoms with van der Waals surface area (Å²) < 4.78 is 0. The Morgan fingerprint density at radius 1 is 0.958 bits per heavy atom. The molecule has 1 unspecified atom stereocenters. The first-order chi connectivity index (χ1) is 11.6. The smallest absolute Gasteiger partial charge is 0.236 e. The minimum Gasteiger partial charge on any atom is -0.342 e. The largest absolute Gasteiger partial charge is 0.342 e. The molecule has 3 rings (SSSR count). The van der Waals surface area contributed by atoms with Crippen molar-refractivity contribution in [3.8, 4) is 0 Å². The number of likely N-dealkylation sites (tertiary alicyclic amines) is 2. The van der Waals surface area contributed by atoms with Crippen LogP contribution in [0.1, 0.15) is 32.6 Å². The van der Waals surface area contributed by atoms with E-state index in [-0.39, 0.29) is 11.8 Å². The third-order valence-corrected chi connectivity index (χ3v) is 5.73. The summed E-state index contributed by atoms with van der Waals surface area (Å²) in [5, 5.41) is 3.31. The average molecular weight is 336 g/mol. The van der Waals surface area contributed by atoms with Gasteiger partial charge in [0, 0.05) is 58.3 Å². The van der Waals surface area contributed by atoms with Crippen LogP contribution >= 0.6 is 0 Å². The van der Waals surface area contributed by atoms with Crippen LogP contribution in [-0.4, -0.2) is 85.4 Å². The van der Waals surface area contributed by atoms with Crippen LogP contribution in [0.25, 0.3) is 0 Å². The summed E-state index contributed by atoms with van der Waals surface area (Å²) in [5.74, 6) is 1.31. The van der Waals surface area contributed by atoms with Crippen molar-refractivity contribution in [1.82, 2.24) is 20.0 Å². The zero-order valence-corrected chi connectivity index (χ0v) is 15.0. The lowest BCUT2D eigenvalue weighted by molar-refractivity contribution is -0.142. The molecule has 24 heavy (non-hydrogen) atoms. The number of piperazine rings is 1. The Bertz CT molecular complexity index is 442. The molecule has 3 aliphatic rings. The van der Waals surface area contributed by atoms with Crippen LogP contribution in [0.5, 0.6) is 0 Å². The second-order valence-corrected chi connectivity index (χ2v) is 7.71. The molecule has 0 aromatic carbocycles. The van der Waals surface area contributed by atoms with Crippen LogP contribution in [0.2, 0.25) is 0 Å². The van der Waals surface area contributed by atoms with Crippen molar-refractivity contribution in [2.75, 3.05) is 58.9 Å². The van der Waals surface area contributed by atoms with E-state index in [1.54, 1.807) is 0 Å². The number of carbonyl (C=O) groups excluding carboxylic acids is 2. The molecule has 6 heteroatoms. The fraction of sp³-hybridized carbons (Fsp3) is 0.889. The Hall–Kier alpha value is -1.14. The van der Waals surface area contributed by atoms with Gasteiger partial charge in [-0.3, -0.25) is 14.5 Å². The van der Waals surface area contributed by atoms with Gasteiger partial charge in [-0.2, -0.15) is 0 Å². The predicted octanol–water partition coefficient (Wildman–Crippen LogP) is 0.389.